The average molecular weight is 370 g/mol. The van der Waals surface area contributed by atoms with Crippen LogP contribution < -0.4 is 4.90 Å². The van der Waals surface area contributed by atoms with Crippen molar-refractivity contribution in [2.24, 2.45) is 4.99 Å². The summed E-state index contributed by atoms with van der Waals surface area (Å²) in [7, 11) is 0. The number of anilines is 1. The van der Waals surface area contributed by atoms with E-state index in [1.807, 2.05) is 18.2 Å². The lowest BCUT2D eigenvalue weighted by Crippen LogP contribution is -2.42. The highest BCUT2D eigenvalue weighted by Crippen LogP contribution is 2.40. The Bertz CT molecular complexity index is 944. The first-order valence-electron chi connectivity index (χ1n) is 8.14. The van der Waals surface area contributed by atoms with Gasteiger partial charge in [0.05, 0.1) is 11.4 Å². The van der Waals surface area contributed by atoms with Crippen LogP contribution in [-0.2, 0) is 14.3 Å². The zero-order valence-corrected chi connectivity index (χ0v) is 14.8. The van der Waals surface area contributed by atoms with E-state index in [-0.39, 0.29) is 5.56 Å². The second-order valence-corrected chi connectivity index (χ2v) is 7.05. The minimum Gasteiger partial charge on any atom is -0.430 e. The Morgan fingerprint density at radius 1 is 1.23 bits per heavy atom. The number of para-hydroxylation sites is 1. The van der Waals surface area contributed by atoms with Crippen LogP contribution in [-0.4, -0.2) is 36.1 Å². The fourth-order valence-corrected chi connectivity index (χ4v) is 4.19. The van der Waals surface area contributed by atoms with Crippen molar-refractivity contribution in [1.29, 1.82) is 0 Å². The summed E-state index contributed by atoms with van der Waals surface area (Å²) in [6.07, 6.45) is -1.33. The van der Waals surface area contributed by atoms with Gasteiger partial charge >= 0.3 is 5.97 Å². The predicted molar refractivity (Wildman–Crippen MR) is 97.1 cm³/mol. The molecule has 1 atom stereocenters. The number of carbonyl (C=O) groups is 2. The molecule has 0 bridgehead atoms. The Morgan fingerprint density at radius 3 is 2.77 bits per heavy atom. The van der Waals surface area contributed by atoms with Crippen LogP contribution in [0.15, 0.2) is 52.4 Å². The lowest BCUT2D eigenvalue weighted by molar-refractivity contribution is -0.152. The quantitative estimate of drug-likeness (QED) is 0.763. The summed E-state index contributed by atoms with van der Waals surface area (Å²) in [6, 6.07) is 11.8. The summed E-state index contributed by atoms with van der Waals surface area (Å²) < 4.78 is 19.6. The third-order valence-electron chi connectivity index (χ3n) is 4.23. The van der Waals surface area contributed by atoms with Crippen molar-refractivity contribution in [2.75, 3.05) is 17.2 Å². The molecule has 2 aromatic carbocycles. The van der Waals surface area contributed by atoms with Gasteiger partial charge < -0.3 is 9.64 Å². The molecule has 0 aliphatic carbocycles. The van der Waals surface area contributed by atoms with Crippen LogP contribution >= 0.6 is 11.8 Å². The molecule has 2 heterocycles. The van der Waals surface area contributed by atoms with Crippen molar-refractivity contribution in [3.8, 4) is 0 Å². The minimum atomic E-state index is -1.33. The van der Waals surface area contributed by atoms with Gasteiger partial charge in [-0.2, -0.15) is 0 Å². The third kappa shape index (κ3) is 2.78. The Labute approximate surface area is 153 Å². The van der Waals surface area contributed by atoms with Gasteiger partial charge in [-0.1, -0.05) is 24.3 Å². The lowest BCUT2D eigenvalue weighted by atomic mass is 9.99. The fourth-order valence-electron chi connectivity index (χ4n) is 3.16. The molecule has 0 saturated heterocycles. The maximum Gasteiger partial charge on any atom is 0.305 e. The number of thioether (sulfide) groups is 1. The van der Waals surface area contributed by atoms with Gasteiger partial charge in [0.15, 0.2) is 0 Å². The monoisotopic (exact) mass is 370 g/mol. The van der Waals surface area contributed by atoms with Crippen LogP contribution in [0.1, 0.15) is 18.1 Å². The number of hydrogen-bond acceptors (Lipinski definition) is 5. The molecule has 2 aliphatic rings. The first kappa shape index (κ1) is 16.8. The van der Waals surface area contributed by atoms with Crippen LogP contribution in [0, 0.1) is 5.82 Å². The highest BCUT2D eigenvalue weighted by atomic mass is 32.2. The second kappa shape index (κ2) is 6.57. The number of benzene rings is 2. The van der Waals surface area contributed by atoms with Crippen LogP contribution in [0.25, 0.3) is 0 Å². The predicted octanol–water partition coefficient (Wildman–Crippen LogP) is 3.00. The van der Waals surface area contributed by atoms with Crippen molar-refractivity contribution < 1.29 is 18.7 Å². The first-order chi connectivity index (χ1) is 12.6. The number of ether oxygens (including phenoxy) is 1. The van der Waals surface area contributed by atoms with Gasteiger partial charge in [-0.3, -0.25) is 9.59 Å². The molecule has 1 amide bonds. The van der Waals surface area contributed by atoms with E-state index in [0.29, 0.717) is 23.5 Å². The van der Waals surface area contributed by atoms with E-state index in [2.05, 4.69) is 4.99 Å². The van der Waals surface area contributed by atoms with Gasteiger partial charge in [0, 0.05) is 35.2 Å². The van der Waals surface area contributed by atoms with Gasteiger partial charge in [0.1, 0.15) is 5.82 Å². The molecule has 0 saturated carbocycles. The number of aliphatic imine (C=N–C) groups is 1. The molecule has 7 heteroatoms. The Hall–Kier alpha value is -2.67. The summed E-state index contributed by atoms with van der Waals surface area (Å²) >= 11 is 1.63. The van der Waals surface area contributed by atoms with E-state index >= 15 is 0 Å². The molecule has 132 valence electrons. The van der Waals surface area contributed by atoms with E-state index in [1.165, 1.54) is 13.0 Å². The van der Waals surface area contributed by atoms with Crippen molar-refractivity contribution in [2.45, 2.75) is 18.0 Å². The Morgan fingerprint density at radius 2 is 2.00 bits per heavy atom. The molecule has 0 spiro atoms. The summed E-state index contributed by atoms with van der Waals surface area (Å²) in [4.78, 5) is 31.3. The van der Waals surface area contributed by atoms with Gasteiger partial charge in [0.2, 0.25) is 0 Å². The molecular weight excluding hydrogens is 355 g/mol. The van der Waals surface area contributed by atoms with Crippen LogP contribution in [0.5, 0.6) is 0 Å². The standard InChI is InChI=1S/C19H15FN2O3S/c1-11(23)25-18-19(24)22-9-10-26-15-8-4-6-13(17(15)22)16(21-18)12-5-2-3-7-14(12)20/h2-8,18H,9-10H2,1H3. The SMILES string of the molecule is CC(=O)OC1N=C(c2ccccc2F)c2cccc3c2N(CCS3)C1=O. The topological polar surface area (TPSA) is 59.0 Å². The molecule has 0 radical (unpaired) electrons. The first-order valence-corrected chi connectivity index (χ1v) is 9.12. The van der Waals surface area contributed by atoms with E-state index in [9.17, 15) is 14.0 Å². The zero-order chi connectivity index (χ0) is 18.3. The van der Waals surface area contributed by atoms with Crippen molar-refractivity contribution >= 4 is 35.0 Å². The molecule has 0 aromatic heterocycles. The van der Waals surface area contributed by atoms with Gasteiger partial charge in [0.25, 0.3) is 12.1 Å². The van der Waals surface area contributed by atoms with Crippen molar-refractivity contribution in [1.82, 2.24) is 0 Å². The maximum absolute atomic E-state index is 14.5. The van der Waals surface area contributed by atoms with E-state index < -0.39 is 23.9 Å². The second-order valence-electron chi connectivity index (χ2n) is 5.91. The molecule has 26 heavy (non-hydrogen) atoms. The van der Waals surface area contributed by atoms with Gasteiger partial charge in [-0.25, -0.2) is 9.38 Å². The average Bonchev–Trinajstić information content (AvgIpc) is 2.74. The molecule has 0 fully saturated rings. The minimum absolute atomic E-state index is 0.267. The summed E-state index contributed by atoms with van der Waals surface area (Å²) in [5.74, 6) is -0.753. The van der Waals surface area contributed by atoms with E-state index in [1.54, 1.807) is 34.9 Å². The molecule has 2 aromatic rings. The summed E-state index contributed by atoms with van der Waals surface area (Å²) in [5, 5.41) is 0. The Balaban J connectivity index is 1.98. The molecule has 2 aliphatic heterocycles. The highest BCUT2D eigenvalue weighted by Gasteiger charge is 2.37. The van der Waals surface area contributed by atoms with Crippen LogP contribution in [0.3, 0.4) is 0 Å². The smallest absolute Gasteiger partial charge is 0.305 e. The van der Waals surface area contributed by atoms with Crippen LogP contribution in [0.4, 0.5) is 10.1 Å². The number of esters is 1. The van der Waals surface area contributed by atoms with E-state index in [0.717, 1.165) is 10.6 Å². The number of rotatable bonds is 2. The van der Waals surface area contributed by atoms with Gasteiger partial charge in [-0.15, -0.1) is 11.8 Å². The fraction of sp³-hybridized carbons (Fsp3) is 0.211. The molecule has 0 N–H and O–H groups in total. The third-order valence-corrected chi connectivity index (χ3v) is 5.25. The van der Waals surface area contributed by atoms with E-state index in [4.69, 9.17) is 4.74 Å². The summed E-state index contributed by atoms with van der Waals surface area (Å²) in [5.41, 5.74) is 1.93. The number of nitrogens with zero attached hydrogens (tertiary/aromatic N) is 2. The molecule has 1 unspecified atom stereocenters. The van der Waals surface area contributed by atoms with Crippen molar-refractivity contribution in [3.05, 3.63) is 59.4 Å². The lowest BCUT2D eigenvalue weighted by Gasteiger charge is -2.30. The largest absolute Gasteiger partial charge is 0.430 e. The molecule has 5 nitrogen and oxygen atoms in total. The maximum atomic E-state index is 14.5. The molecular formula is C19H15FN2O3S. The van der Waals surface area contributed by atoms with Crippen molar-refractivity contribution in [3.63, 3.8) is 0 Å². The number of halogens is 1. The summed E-state index contributed by atoms with van der Waals surface area (Å²) in [6.45, 7) is 1.70. The molecule has 4 rings (SSSR count). The number of amides is 1. The van der Waals surface area contributed by atoms with Crippen LogP contribution in [0.2, 0.25) is 0 Å². The Kier molecular flexibility index (Phi) is 4.24. The van der Waals surface area contributed by atoms with Gasteiger partial charge in [-0.05, 0) is 18.2 Å². The highest BCUT2D eigenvalue weighted by molar-refractivity contribution is 7.99. The number of carbonyl (C=O) groups excluding carboxylic acids is 2. The normalized spacial score (nSPS) is 18.7. The number of hydrogen-bond donors (Lipinski definition) is 0. The zero-order valence-electron chi connectivity index (χ0n) is 13.9.